The zero-order chi connectivity index (χ0) is 22.7. The number of unbranched alkanes of at least 4 members (excludes halogenated alkanes) is 5. The molecule has 1 fully saturated rings. The van der Waals surface area contributed by atoms with E-state index >= 15 is 0 Å². The Bertz CT molecular complexity index is 757. The third kappa shape index (κ3) is 6.90. The number of hydrogen-bond donors (Lipinski definition) is 2. The van der Waals surface area contributed by atoms with E-state index in [1.165, 1.54) is 44.9 Å². The Labute approximate surface area is 194 Å². The van der Waals surface area contributed by atoms with Gasteiger partial charge in [0, 0.05) is 5.92 Å². The van der Waals surface area contributed by atoms with Crippen molar-refractivity contribution >= 4 is 0 Å². The van der Waals surface area contributed by atoms with Crippen LogP contribution in [-0.2, 0) is 12.1 Å². The van der Waals surface area contributed by atoms with Gasteiger partial charge in [-0.1, -0.05) is 75.3 Å². The molecule has 1 aromatic carbocycles. The lowest BCUT2D eigenvalue weighted by Crippen LogP contribution is -2.38. The van der Waals surface area contributed by atoms with E-state index in [0.717, 1.165) is 56.6 Å². The second-order valence-electron chi connectivity index (χ2n) is 9.56. The highest BCUT2D eigenvalue weighted by atomic mass is 16.4. The molecule has 0 saturated heterocycles. The van der Waals surface area contributed by atoms with Crippen LogP contribution in [0.1, 0.15) is 87.8 Å². The molecule has 1 aliphatic carbocycles. The van der Waals surface area contributed by atoms with Gasteiger partial charge in [-0.3, -0.25) is 4.90 Å². The maximum absolute atomic E-state index is 11.9. The van der Waals surface area contributed by atoms with Gasteiger partial charge in [-0.05, 0) is 58.4 Å². The second-order valence-corrected chi connectivity index (χ2v) is 9.56. The lowest BCUT2D eigenvalue weighted by Gasteiger charge is -2.36. The minimum atomic E-state index is -1.15. The number of nitrogens with one attached hydrogen (secondary N) is 1. The SMILES string of the molecule is CNCCCCCCCCN(C)Cc1cnc([C@](O)(c2ccccc2)C2CCCCC2)o1. The Balaban J connectivity index is 1.54. The van der Waals surface area contributed by atoms with E-state index in [9.17, 15) is 5.11 Å². The molecule has 1 saturated carbocycles. The summed E-state index contributed by atoms with van der Waals surface area (Å²) in [6, 6.07) is 9.97. The normalized spacial score (nSPS) is 17.0. The van der Waals surface area contributed by atoms with Crippen LogP contribution in [0.4, 0.5) is 0 Å². The molecule has 0 spiro atoms. The minimum absolute atomic E-state index is 0.149. The highest BCUT2D eigenvalue weighted by Gasteiger charge is 2.44. The highest BCUT2D eigenvalue weighted by Crippen LogP contribution is 2.43. The molecule has 2 aromatic rings. The third-order valence-electron chi connectivity index (χ3n) is 6.93. The molecule has 0 bridgehead atoms. The Morgan fingerprint density at radius 3 is 2.44 bits per heavy atom. The molecule has 5 nitrogen and oxygen atoms in total. The molecule has 1 atom stereocenters. The smallest absolute Gasteiger partial charge is 0.231 e. The topological polar surface area (TPSA) is 61.5 Å². The van der Waals surface area contributed by atoms with Gasteiger partial charge in [-0.2, -0.15) is 0 Å². The third-order valence-corrected chi connectivity index (χ3v) is 6.93. The monoisotopic (exact) mass is 441 g/mol. The van der Waals surface area contributed by atoms with Crippen LogP contribution >= 0.6 is 0 Å². The zero-order valence-electron chi connectivity index (χ0n) is 20.2. The number of oxazole rings is 1. The Morgan fingerprint density at radius 1 is 1.03 bits per heavy atom. The van der Waals surface area contributed by atoms with Crippen molar-refractivity contribution in [3.63, 3.8) is 0 Å². The van der Waals surface area contributed by atoms with Gasteiger partial charge in [0.15, 0.2) is 5.60 Å². The predicted molar refractivity (Wildman–Crippen MR) is 130 cm³/mol. The second kappa shape index (κ2) is 13.1. The van der Waals surface area contributed by atoms with Crippen LogP contribution < -0.4 is 5.32 Å². The summed E-state index contributed by atoms with van der Waals surface area (Å²) in [5, 5.41) is 15.1. The van der Waals surface area contributed by atoms with Crippen LogP contribution in [0, 0.1) is 5.92 Å². The van der Waals surface area contributed by atoms with E-state index in [2.05, 4.69) is 22.2 Å². The molecule has 32 heavy (non-hydrogen) atoms. The fraction of sp³-hybridized carbons (Fsp3) is 0.667. The van der Waals surface area contributed by atoms with Crippen molar-refractivity contribution < 1.29 is 9.52 Å². The molecule has 1 aliphatic rings. The van der Waals surface area contributed by atoms with Crippen molar-refractivity contribution in [2.24, 2.45) is 5.92 Å². The Kier molecular flexibility index (Phi) is 10.2. The Hall–Kier alpha value is -1.69. The molecule has 0 radical (unpaired) electrons. The van der Waals surface area contributed by atoms with Crippen LogP contribution in [0.5, 0.6) is 0 Å². The standard InChI is InChI=1S/C27H43N3O2/c1-28-19-13-5-3-4-6-14-20-30(2)22-25-21-29-26(32-25)27(31,23-15-9-7-10-16-23)24-17-11-8-12-18-24/h7,9-10,15-16,21,24,28,31H,3-6,8,11-14,17-20,22H2,1-2H3/t27-/m0/s1. The van der Waals surface area contributed by atoms with Crippen molar-refractivity contribution in [1.82, 2.24) is 15.2 Å². The zero-order valence-corrected chi connectivity index (χ0v) is 20.2. The van der Waals surface area contributed by atoms with E-state index < -0.39 is 5.60 Å². The molecule has 0 aliphatic heterocycles. The largest absolute Gasteiger partial charge is 0.441 e. The van der Waals surface area contributed by atoms with E-state index in [1.54, 1.807) is 0 Å². The summed E-state index contributed by atoms with van der Waals surface area (Å²) in [6.07, 6.45) is 15.1. The minimum Gasteiger partial charge on any atom is -0.441 e. The van der Waals surface area contributed by atoms with Crippen LogP contribution in [-0.4, -0.2) is 42.2 Å². The van der Waals surface area contributed by atoms with Gasteiger partial charge >= 0.3 is 0 Å². The molecule has 3 rings (SSSR count). The molecule has 178 valence electrons. The van der Waals surface area contributed by atoms with Gasteiger partial charge in [0.25, 0.3) is 0 Å². The predicted octanol–water partition coefficient (Wildman–Crippen LogP) is 5.48. The van der Waals surface area contributed by atoms with Gasteiger partial charge in [0.1, 0.15) is 5.76 Å². The van der Waals surface area contributed by atoms with E-state index in [4.69, 9.17) is 4.42 Å². The Morgan fingerprint density at radius 2 is 1.72 bits per heavy atom. The van der Waals surface area contributed by atoms with Crippen molar-refractivity contribution in [1.29, 1.82) is 0 Å². The summed E-state index contributed by atoms with van der Waals surface area (Å²) in [6.45, 7) is 2.91. The fourth-order valence-corrected chi connectivity index (χ4v) is 5.04. The van der Waals surface area contributed by atoms with Gasteiger partial charge in [-0.25, -0.2) is 4.98 Å². The van der Waals surface area contributed by atoms with Gasteiger partial charge in [0.05, 0.1) is 12.7 Å². The average Bonchev–Trinajstić information content (AvgIpc) is 3.30. The van der Waals surface area contributed by atoms with Gasteiger partial charge in [0.2, 0.25) is 5.89 Å². The van der Waals surface area contributed by atoms with E-state index in [-0.39, 0.29) is 5.92 Å². The lowest BCUT2D eigenvalue weighted by molar-refractivity contribution is -0.0242. The maximum atomic E-state index is 11.9. The molecule has 0 amide bonds. The fourth-order valence-electron chi connectivity index (χ4n) is 5.04. The van der Waals surface area contributed by atoms with Gasteiger partial charge in [-0.15, -0.1) is 0 Å². The first-order valence-electron chi connectivity index (χ1n) is 12.7. The average molecular weight is 442 g/mol. The lowest BCUT2D eigenvalue weighted by atomic mass is 9.73. The van der Waals surface area contributed by atoms with Crippen molar-refractivity contribution in [2.75, 3.05) is 27.2 Å². The molecule has 1 heterocycles. The quantitative estimate of drug-likeness (QED) is 0.380. The van der Waals surface area contributed by atoms with Crippen molar-refractivity contribution in [2.45, 2.75) is 82.8 Å². The number of benzene rings is 1. The first-order valence-corrected chi connectivity index (χ1v) is 12.7. The van der Waals surface area contributed by atoms with Crippen LogP contribution in [0.25, 0.3) is 0 Å². The number of nitrogens with zero attached hydrogens (tertiary/aromatic N) is 2. The first-order chi connectivity index (χ1) is 15.6. The molecular formula is C27H43N3O2. The molecule has 1 aromatic heterocycles. The molecule has 5 heteroatoms. The van der Waals surface area contributed by atoms with E-state index in [1.807, 2.05) is 43.6 Å². The molecular weight excluding hydrogens is 398 g/mol. The van der Waals surface area contributed by atoms with Gasteiger partial charge < -0.3 is 14.8 Å². The molecule has 0 unspecified atom stereocenters. The first kappa shape index (κ1) is 24.9. The van der Waals surface area contributed by atoms with Crippen LogP contribution in [0.2, 0.25) is 0 Å². The number of hydrogen-bond acceptors (Lipinski definition) is 5. The van der Waals surface area contributed by atoms with Crippen molar-refractivity contribution in [3.05, 3.63) is 53.7 Å². The summed E-state index contributed by atoms with van der Waals surface area (Å²) in [5.74, 6) is 1.44. The van der Waals surface area contributed by atoms with Crippen LogP contribution in [0.3, 0.4) is 0 Å². The van der Waals surface area contributed by atoms with Crippen molar-refractivity contribution in [3.8, 4) is 0 Å². The summed E-state index contributed by atoms with van der Waals surface area (Å²) in [7, 11) is 4.16. The van der Waals surface area contributed by atoms with E-state index in [0.29, 0.717) is 5.89 Å². The summed E-state index contributed by atoms with van der Waals surface area (Å²) in [5.41, 5.74) is -0.255. The van der Waals surface area contributed by atoms with Crippen LogP contribution in [0.15, 0.2) is 40.9 Å². The summed E-state index contributed by atoms with van der Waals surface area (Å²) in [4.78, 5) is 6.89. The number of aromatic nitrogens is 1. The summed E-state index contributed by atoms with van der Waals surface area (Å²) >= 11 is 0. The molecule has 2 N–H and O–H groups in total. The summed E-state index contributed by atoms with van der Waals surface area (Å²) < 4.78 is 6.20. The highest BCUT2D eigenvalue weighted by molar-refractivity contribution is 5.30. The number of aliphatic hydroxyl groups is 1. The number of rotatable bonds is 14. The maximum Gasteiger partial charge on any atom is 0.231 e.